The molecule has 1 aromatic heterocycles. The van der Waals surface area contributed by atoms with Crippen LogP contribution in [0.5, 0.6) is 5.75 Å². The minimum Gasteiger partial charge on any atom is -0.485 e. The molecule has 1 aromatic carbocycles. The van der Waals surface area contributed by atoms with E-state index in [1.54, 1.807) is 12.3 Å². The molecule has 0 fully saturated rings. The zero-order valence-electron chi connectivity index (χ0n) is 17.5. The maximum absolute atomic E-state index is 14.1. The number of nitriles is 1. The number of pyridine rings is 1. The molecular weight excluding hydrogens is 414 g/mol. The SMILES string of the molecule is C/C=C(\C=N/CC)NC1=C(/C=C(\C=O)c2cccc(F)c2C#N)c2ncc(F)cc2OC1. The van der Waals surface area contributed by atoms with Gasteiger partial charge in [-0.25, -0.2) is 13.8 Å². The second-order valence-electron chi connectivity index (χ2n) is 6.67. The summed E-state index contributed by atoms with van der Waals surface area (Å²) in [5, 5.41) is 12.6. The Hall–Kier alpha value is -4.12. The van der Waals surface area contributed by atoms with Crippen LogP contribution in [0.25, 0.3) is 11.1 Å². The van der Waals surface area contributed by atoms with Gasteiger partial charge >= 0.3 is 0 Å². The topological polar surface area (TPSA) is 87.4 Å². The summed E-state index contributed by atoms with van der Waals surface area (Å²) < 4.78 is 33.5. The van der Waals surface area contributed by atoms with Crippen molar-refractivity contribution in [2.75, 3.05) is 13.2 Å². The van der Waals surface area contributed by atoms with Gasteiger partial charge in [-0.3, -0.25) is 9.79 Å². The molecule has 162 valence electrons. The van der Waals surface area contributed by atoms with Crippen molar-refractivity contribution in [1.82, 2.24) is 10.3 Å². The van der Waals surface area contributed by atoms with Crippen LogP contribution < -0.4 is 10.1 Å². The lowest BCUT2D eigenvalue weighted by molar-refractivity contribution is -0.103. The fraction of sp³-hybridized carbons (Fsp3) is 0.167. The standard InChI is InChI=1S/C24H20F2N4O2/c1-3-17(12-28-4-2)30-22-14-32-23-9-16(25)11-29-24(23)19(22)8-15(13-31)18-6-5-7-21(26)20(18)10-27/h3,5-9,11-13,30H,4,14H2,1-2H3/b15-8+,17-3+,28-12-. The van der Waals surface area contributed by atoms with Crippen LogP contribution in [0.1, 0.15) is 30.7 Å². The van der Waals surface area contributed by atoms with Gasteiger partial charge in [0.05, 0.1) is 23.2 Å². The number of aldehydes is 1. The Bertz CT molecular complexity index is 1210. The van der Waals surface area contributed by atoms with E-state index in [4.69, 9.17) is 4.74 Å². The first-order valence-electron chi connectivity index (χ1n) is 9.83. The maximum Gasteiger partial charge on any atom is 0.150 e. The average molecular weight is 434 g/mol. The van der Waals surface area contributed by atoms with E-state index in [2.05, 4.69) is 15.3 Å². The number of carbonyl (C=O) groups is 1. The lowest BCUT2D eigenvalue weighted by Crippen LogP contribution is -2.24. The molecule has 0 spiro atoms. The van der Waals surface area contributed by atoms with E-state index in [9.17, 15) is 18.8 Å². The highest BCUT2D eigenvalue weighted by atomic mass is 19.1. The van der Waals surface area contributed by atoms with Crippen molar-refractivity contribution in [1.29, 1.82) is 5.26 Å². The second kappa shape index (κ2) is 10.3. The van der Waals surface area contributed by atoms with Gasteiger partial charge in [0.15, 0.2) is 6.29 Å². The van der Waals surface area contributed by atoms with Crippen molar-refractivity contribution in [3.63, 3.8) is 0 Å². The average Bonchev–Trinajstić information content (AvgIpc) is 2.80. The van der Waals surface area contributed by atoms with Crippen LogP contribution in [0.2, 0.25) is 0 Å². The minimum absolute atomic E-state index is 0.0433. The van der Waals surface area contributed by atoms with Gasteiger partial charge in [-0.2, -0.15) is 5.26 Å². The molecule has 0 radical (unpaired) electrons. The summed E-state index contributed by atoms with van der Waals surface area (Å²) in [6.45, 7) is 4.37. The normalized spacial score (nSPS) is 14.1. The molecule has 0 amide bonds. The Morgan fingerprint density at radius 2 is 2.22 bits per heavy atom. The van der Waals surface area contributed by atoms with Gasteiger partial charge in [0.1, 0.15) is 35.8 Å². The maximum atomic E-state index is 14.1. The number of carbonyl (C=O) groups excluding carboxylic acids is 1. The Morgan fingerprint density at radius 1 is 1.41 bits per heavy atom. The highest BCUT2D eigenvalue weighted by molar-refractivity contribution is 6.11. The van der Waals surface area contributed by atoms with Crippen LogP contribution in [0.3, 0.4) is 0 Å². The number of benzene rings is 1. The monoisotopic (exact) mass is 434 g/mol. The molecule has 32 heavy (non-hydrogen) atoms. The van der Waals surface area contributed by atoms with Crippen molar-refractivity contribution >= 4 is 23.6 Å². The van der Waals surface area contributed by atoms with E-state index in [1.807, 2.05) is 19.9 Å². The number of aliphatic imine (C=N–C) groups is 1. The fourth-order valence-corrected chi connectivity index (χ4v) is 3.11. The molecule has 3 rings (SSSR count). The number of nitrogens with one attached hydrogen (secondary N) is 1. The van der Waals surface area contributed by atoms with Crippen molar-refractivity contribution < 1.29 is 18.3 Å². The summed E-state index contributed by atoms with van der Waals surface area (Å²) in [6, 6.07) is 7.05. The Morgan fingerprint density at radius 3 is 2.91 bits per heavy atom. The summed E-state index contributed by atoms with van der Waals surface area (Å²) in [4.78, 5) is 20.3. The molecule has 0 saturated heterocycles. The van der Waals surface area contributed by atoms with Gasteiger partial charge < -0.3 is 10.1 Å². The highest BCUT2D eigenvalue weighted by Crippen LogP contribution is 2.34. The van der Waals surface area contributed by atoms with Gasteiger partial charge in [-0.05, 0) is 26.0 Å². The molecule has 2 heterocycles. The number of fused-ring (bicyclic) bond motifs is 1. The zero-order chi connectivity index (χ0) is 23.1. The van der Waals surface area contributed by atoms with Crippen molar-refractivity contribution in [3.8, 4) is 11.8 Å². The number of hydrogen-bond donors (Lipinski definition) is 1. The largest absolute Gasteiger partial charge is 0.485 e. The Kier molecular flexibility index (Phi) is 7.24. The molecule has 0 atom stereocenters. The second-order valence-corrected chi connectivity index (χ2v) is 6.67. The molecule has 0 saturated carbocycles. The van der Waals surface area contributed by atoms with Crippen LogP contribution in [-0.2, 0) is 4.79 Å². The molecule has 0 bridgehead atoms. The first kappa shape index (κ1) is 22.6. The lowest BCUT2D eigenvalue weighted by atomic mass is 9.96. The predicted molar refractivity (Wildman–Crippen MR) is 118 cm³/mol. The van der Waals surface area contributed by atoms with Crippen molar-refractivity contribution in [2.45, 2.75) is 13.8 Å². The number of nitrogens with zero attached hydrogens (tertiary/aromatic N) is 3. The highest BCUT2D eigenvalue weighted by Gasteiger charge is 2.23. The molecule has 0 unspecified atom stereocenters. The first-order chi connectivity index (χ1) is 15.5. The molecule has 1 aliphatic rings. The Balaban J connectivity index is 2.21. The van der Waals surface area contributed by atoms with Gasteiger partial charge in [-0.15, -0.1) is 0 Å². The number of rotatable bonds is 7. The Labute approximate surface area is 184 Å². The summed E-state index contributed by atoms with van der Waals surface area (Å²) in [6.07, 6.45) is 6.53. The molecule has 1 aliphatic heterocycles. The van der Waals surface area contributed by atoms with E-state index in [0.717, 1.165) is 12.3 Å². The van der Waals surface area contributed by atoms with Crippen LogP contribution >= 0.6 is 0 Å². The molecule has 8 heteroatoms. The van der Waals surface area contributed by atoms with Crippen LogP contribution in [0.15, 0.2) is 59.0 Å². The number of aromatic nitrogens is 1. The predicted octanol–water partition coefficient (Wildman–Crippen LogP) is 4.20. The molecule has 1 N–H and O–H groups in total. The molecular formula is C24H20F2N4O2. The number of halogens is 2. The summed E-state index contributed by atoms with van der Waals surface area (Å²) in [5.74, 6) is -1.10. The number of hydrogen-bond acceptors (Lipinski definition) is 6. The van der Waals surface area contributed by atoms with Crippen LogP contribution in [0.4, 0.5) is 8.78 Å². The fourth-order valence-electron chi connectivity index (χ4n) is 3.11. The van der Waals surface area contributed by atoms with E-state index in [-0.39, 0.29) is 29.1 Å². The smallest absolute Gasteiger partial charge is 0.150 e. The third-order valence-electron chi connectivity index (χ3n) is 4.65. The van der Waals surface area contributed by atoms with E-state index in [0.29, 0.717) is 35.5 Å². The zero-order valence-corrected chi connectivity index (χ0v) is 17.5. The summed E-state index contributed by atoms with van der Waals surface area (Å²) in [7, 11) is 0. The van der Waals surface area contributed by atoms with Crippen LogP contribution in [-0.4, -0.2) is 30.6 Å². The van der Waals surface area contributed by atoms with Gasteiger partial charge in [0.2, 0.25) is 0 Å². The van der Waals surface area contributed by atoms with Gasteiger partial charge in [-0.1, -0.05) is 18.2 Å². The van der Waals surface area contributed by atoms with E-state index < -0.39 is 11.6 Å². The van der Waals surface area contributed by atoms with Crippen molar-refractivity contribution in [2.24, 2.45) is 4.99 Å². The number of allylic oxidation sites excluding steroid dienone is 5. The van der Waals surface area contributed by atoms with Gasteiger partial charge in [0, 0.05) is 35.5 Å². The summed E-state index contributed by atoms with van der Waals surface area (Å²) in [5.41, 5.74) is 1.94. The third kappa shape index (κ3) is 4.78. The van der Waals surface area contributed by atoms with E-state index in [1.165, 1.54) is 24.3 Å². The quantitative estimate of drug-likeness (QED) is 0.401. The molecule has 6 nitrogen and oxygen atoms in total. The van der Waals surface area contributed by atoms with Crippen LogP contribution in [0, 0.1) is 23.0 Å². The lowest BCUT2D eigenvalue weighted by Gasteiger charge is -2.23. The summed E-state index contributed by atoms with van der Waals surface area (Å²) >= 11 is 0. The minimum atomic E-state index is -0.732. The van der Waals surface area contributed by atoms with E-state index >= 15 is 0 Å². The van der Waals surface area contributed by atoms with Gasteiger partial charge in [0.25, 0.3) is 0 Å². The van der Waals surface area contributed by atoms with Crippen molar-refractivity contribution in [3.05, 3.63) is 82.5 Å². The third-order valence-corrected chi connectivity index (χ3v) is 4.65. The molecule has 0 aliphatic carbocycles. The number of ether oxygens (including phenoxy) is 1. The molecule has 2 aromatic rings. The first-order valence-corrected chi connectivity index (χ1v) is 9.83.